The molecule has 3 rings (SSSR count). The summed E-state index contributed by atoms with van der Waals surface area (Å²) in [5.74, 6) is -0.916. The smallest absolute Gasteiger partial charge is 0.270 e. The summed E-state index contributed by atoms with van der Waals surface area (Å²) in [6.07, 6.45) is 3.37. The molecule has 9 nitrogen and oxygen atoms in total. The van der Waals surface area contributed by atoms with Gasteiger partial charge >= 0.3 is 0 Å². The Morgan fingerprint density at radius 2 is 1.91 bits per heavy atom. The van der Waals surface area contributed by atoms with Crippen LogP contribution >= 0.6 is 0 Å². The van der Waals surface area contributed by atoms with E-state index in [1.54, 1.807) is 41.3 Å². The summed E-state index contributed by atoms with van der Waals surface area (Å²) >= 11 is 0. The van der Waals surface area contributed by atoms with Crippen molar-refractivity contribution in [2.24, 2.45) is 7.05 Å². The van der Waals surface area contributed by atoms with Crippen LogP contribution in [0.1, 0.15) is 42.4 Å². The number of benzene rings is 1. The minimum Gasteiger partial charge on any atom is -0.495 e. The van der Waals surface area contributed by atoms with Gasteiger partial charge in [-0.05, 0) is 41.3 Å². The van der Waals surface area contributed by atoms with E-state index in [2.05, 4.69) is 5.10 Å². The Bertz CT molecular complexity index is 1300. The number of sulfonamides is 1. The zero-order valence-corrected chi connectivity index (χ0v) is 19.4. The third-order valence-corrected chi connectivity index (χ3v) is 6.43. The number of aromatic nitrogens is 3. The largest absolute Gasteiger partial charge is 0.495 e. The van der Waals surface area contributed by atoms with E-state index in [9.17, 15) is 18.0 Å². The summed E-state index contributed by atoms with van der Waals surface area (Å²) in [4.78, 5) is 25.3. The molecule has 0 aliphatic carbocycles. The van der Waals surface area contributed by atoms with Gasteiger partial charge in [0.1, 0.15) is 16.2 Å². The second-order valence-corrected chi connectivity index (χ2v) is 10.0. The maximum Gasteiger partial charge on any atom is 0.270 e. The molecule has 2 heterocycles. The third kappa shape index (κ3) is 4.75. The van der Waals surface area contributed by atoms with Crippen molar-refractivity contribution in [2.75, 3.05) is 7.11 Å². The molecule has 2 aromatic heterocycles. The predicted molar refractivity (Wildman–Crippen MR) is 119 cm³/mol. The molecule has 0 saturated heterocycles. The van der Waals surface area contributed by atoms with E-state index in [-0.39, 0.29) is 21.6 Å². The highest BCUT2D eigenvalue weighted by Crippen LogP contribution is 2.30. The summed E-state index contributed by atoms with van der Waals surface area (Å²) in [7, 11) is -1.44. The maximum atomic E-state index is 13.0. The third-order valence-electron chi connectivity index (χ3n) is 5.08. The number of pyridine rings is 1. The second kappa shape index (κ2) is 8.62. The van der Waals surface area contributed by atoms with Gasteiger partial charge in [-0.25, -0.2) is 13.1 Å². The molecule has 1 N–H and O–H groups in total. The van der Waals surface area contributed by atoms with Gasteiger partial charge in [-0.3, -0.25) is 14.3 Å². The van der Waals surface area contributed by atoms with Crippen molar-refractivity contribution in [1.82, 2.24) is 19.1 Å². The summed E-state index contributed by atoms with van der Waals surface area (Å²) in [5, 5.41) is 4.09. The van der Waals surface area contributed by atoms with Crippen LogP contribution in [0.15, 0.2) is 58.5 Å². The summed E-state index contributed by atoms with van der Waals surface area (Å²) in [6.45, 7) is 6.16. The molecule has 170 valence electrons. The first-order valence-corrected chi connectivity index (χ1v) is 11.3. The van der Waals surface area contributed by atoms with Crippen LogP contribution in [0.25, 0.3) is 0 Å². The first kappa shape index (κ1) is 23.3. The van der Waals surface area contributed by atoms with Crippen molar-refractivity contribution in [3.8, 4) is 5.75 Å². The maximum absolute atomic E-state index is 13.0. The molecule has 0 aliphatic heterocycles. The SMILES string of the molecule is COc1ccc(C(C)(C)C)cc1S(=O)(=O)NC(=O)c1ccc(Cn2cccn2)n(C)c1=O. The van der Waals surface area contributed by atoms with Gasteiger partial charge in [-0.15, -0.1) is 0 Å². The molecular weight excluding hydrogens is 432 g/mol. The number of ether oxygens (including phenoxy) is 1. The average molecular weight is 459 g/mol. The molecule has 3 aromatic rings. The van der Waals surface area contributed by atoms with Gasteiger partial charge in [0, 0.05) is 25.1 Å². The standard InChI is InChI=1S/C22H26N4O5S/c1-22(2,3)15-7-10-18(31-5)19(13-15)32(29,30)24-20(27)17-9-8-16(25(4)21(17)28)14-26-12-6-11-23-26/h6-13H,14H2,1-5H3,(H,24,27). The molecule has 0 spiro atoms. The monoisotopic (exact) mass is 458 g/mol. The van der Waals surface area contributed by atoms with Crippen molar-refractivity contribution < 1.29 is 17.9 Å². The first-order chi connectivity index (χ1) is 14.9. The topological polar surface area (TPSA) is 112 Å². The molecular formula is C22H26N4O5S. The molecule has 0 unspecified atom stereocenters. The lowest BCUT2D eigenvalue weighted by Gasteiger charge is -2.21. The van der Waals surface area contributed by atoms with Crippen molar-refractivity contribution >= 4 is 15.9 Å². The van der Waals surface area contributed by atoms with Crippen LogP contribution in [0.5, 0.6) is 5.75 Å². The van der Waals surface area contributed by atoms with Gasteiger partial charge in [0.2, 0.25) is 0 Å². The minimum absolute atomic E-state index is 0.0979. The van der Waals surface area contributed by atoms with Gasteiger partial charge in [-0.2, -0.15) is 5.10 Å². The lowest BCUT2D eigenvalue weighted by Crippen LogP contribution is -2.37. The molecule has 0 fully saturated rings. The average Bonchev–Trinajstić information content (AvgIpc) is 3.23. The minimum atomic E-state index is -4.30. The molecule has 1 amide bonds. The van der Waals surface area contributed by atoms with Gasteiger partial charge in [0.05, 0.1) is 13.7 Å². The fourth-order valence-corrected chi connectivity index (χ4v) is 4.31. The molecule has 1 aromatic carbocycles. The Balaban J connectivity index is 1.93. The van der Waals surface area contributed by atoms with Crippen LogP contribution in [-0.2, 0) is 29.0 Å². The van der Waals surface area contributed by atoms with Gasteiger partial charge < -0.3 is 9.30 Å². The van der Waals surface area contributed by atoms with Crippen LogP contribution in [-0.4, -0.2) is 35.8 Å². The quantitative estimate of drug-likeness (QED) is 0.605. The number of methoxy groups -OCH3 is 1. The molecule has 32 heavy (non-hydrogen) atoms. The van der Waals surface area contributed by atoms with Gasteiger partial charge in [-0.1, -0.05) is 26.8 Å². The van der Waals surface area contributed by atoms with Crippen molar-refractivity contribution in [2.45, 2.75) is 37.6 Å². The Morgan fingerprint density at radius 3 is 2.50 bits per heavy atom. The van der Waals surface area contributed by atoms with E-state index in [4.69, 9.17) is 4.74 Å². The second-order valence-electron chi connectivity index (χ2n) is 8.36. The highest BCUT2D eigenvalue weighted by atomic mass is 32.2. The number of nitrogens with zero attached hydrogens (tertiary/aromatic N) is 3. The Kier molecular flexibility index (Phi) is 6.27. The van der Waals surface area contributed by atoms with Crippen LogP contribution in [0.2, 0.25) is 0 Å². The van der Waals surface area contributed by atoms with Crippen LogP contribution in [0.3, 0.4) is 0 Å². The molecule has 0 saturated carbocycles. The van der Waals surface area contributed by atoms with E-state index >= 15 is 0 Å². The van der Waals surface area contributed by atoms with Crippen molar-refractivity contribution in [3.63, 3.8) is 0 Å². The Labute approximate surface area is 186 Å². The number of carbonyl (C=O) groups excluding carboxylic acids is 1. The Hall–Kier alpha value is -3.40. The zero-order valence-electron chi connectivity index (χ0n) is 18.6. The number of nitrogens with one attached hydrogen (secondary N) is 1. The van der Waals surface area contributed by atoms with E-state index < -0.39 is 21.5 Å². The van der Waals surface area contributed by atoms with E-state index in [1.165, 1.54) is 30.9 Å². The van der Waals surface area contributed by atoms with E-state index in [1.807, 2.05) is 25.5 Å². The van der Waals surface area contributed by atoms with Gasteiger partial charge in [0.15, 0.2) is 0 Å². The summed E-state index contributed by atoms with van der Waals surface area (Å²) in [6, 6.07) is 9.45. The molecule has 0 aliphatic rings. The molecule has 10 heteroatoms. The van der Waals surface area contributed by atoms with E-state index in [0.29, 0.717) is 12.2 Å². The Morgan fingerprint density at radius 1 is 1.19 bits per heavy atom. The lowest BCUT2D eigenvalue weighted by molar-refractivity contribution is 0.0979. The highest BCUT2D eigenvalue weighted by molar-refractivity contribution is 7.90. The summed E-state index contributed by atoms with van der Waals surface area (Å²) in [5.41, 5.74) is 0.146. The molecule has 0 atom stereocenters. The fraction of sp³-hybridized carbons (Fsp3) is 0.318. The number of hydrogen-bond donors (Lipinski definition) is 1. The first-order valence-electron chi connectivity index (χ1n) is 9.86. The summed E-state index contributed by atoms with van der Waals surface area (Å²) < 4.78 is 36.2. The van der Waals surface area contributed by atoms with Crippen molar-refractivity contribution in [1.29, 1.82) is 0 Å². The van der Waals surface area contributed by atoms with Gasteiger partial charge in [0.25, 0.3) is 21.5 Å². The predicted octanol–water partition coefficient (Wildman–Crippen LogP) is 2.05. The zero-order chi connectivity index (χ0) is 23.7. The number of rotatable bonds is 6. The fourth-order valence-electron chi connectivity index (χ4n) is 3.15. The van der Waals surface area contributed by atoms with Crippen molar-refractivity contribution in [3.05, 3.63) is 76.0 Å². The highest BCUT2D eigenvalue weighted by Gasteiger charge is 2.27. The van der Waals surface area contributed by atoms with Crippen LogP contribution in [0.4, 0.5) is 0 Å². The molecule has 0 bridgehead atoms. The normalized spacial score (nSPS) is 11.9. The number of amides is 1. The molecule has 0 radical (unpaired) electrons. The lowest BCUT2D eigenvalue weighted by atomic mass is 9.87. The van der Waals surface area contributed by atoms with E-state index in [0.717, 1.165) is 5.56 Å². The van der Waals surface area contributed by atoms with Crippen LogP contribution in [0, 0.1) is 0 Å². The number of hydrogen-bond acceptors (Lipinski definition) is 6. The number of carbonyl (C=O) groups is 1. The van der Waals surface area contributed by atoms with Crippen LogP contribution < -0.4 is 15.0 Å².